The third kappa shape index (κ3) is 5.16. The molecule has 0 saturated carbocycles. The van der Waals surface area contributed by atoms with Crippen molar-refractivity contribution in [3.05, 3.63) is 54.3 Å². The number of nitrogens with one attached hydrogen (secondary N) is 2. The number of hydrogen-bond donors (Lipinski definition) is 2. The molecule has 0 fully saturated rings. The van der Waals surface area contributed by atoms with Crippen LogP contribution in [0.3, 0.4) is 0 Å². The van der Waals surface area contributed by atoms with E-state index < -0.39 is 27.9 Å². The van der Waals surface area contributed by atoms with Crippen molar-refractivity contribution in [3.63, 3.8) is 0 Å². The van der Waals surface area contributed by atoms with Gasteiger partial charge in [-0.15, -0.1) is 4.83 Å². The van der Waals surface area contributed by atoms with Crippen molar-refractivity contribution in [1.82, 2.24) is 10.3 Å². The number of carbonyl (C=O) groups excluding carboxylic acids is 1. The number of methoxy groups -OCH3 is 1. The molecule has 1 amide bonds. The Bertz CT molecular complexity index is 823. The second-order valence-corrected chi connectivity index (χ2v) is 6.67. The van der Waals surface area contributed by atoms with Gasteiger partial charge in [0.05, 0.1) is 12.0 Å². The monoisotopic (exact) mass is 368 g/mol. The summed E-state index contributed by atoms with van der Waals surface area (Å²) in [6.45, 7) is 1.43. The second-order valence-electron chi connectivity index (χ2n) is 4.98. The molecule has 0 bridgehead atoms. The lowest BCUT2D eigenvalue weighted by molar-refractivity contribution is -0.127. The highest BCUT2D eigenvalue weighted by Crippen LogP contribution is 2.15. The number of carbonyl (C=O) groups is 1. The standard InChI is InChI=1S/C16H17FN2O5S/c1-11(24-14-5-3-12(17)4-6-14)16(20)18-19-25(21,22)15-9-7-13(23-2)8-10-15/h3-11,19H,1-2H3,(H,18,20)/t11-/m0/s1. The summed E-state index contributed by atoms with van der Waals surface area (Å²) >= 11 is 0. The largest absolute Gasteiger partial charge is 0.497 e. The SMILES string of the molecule is COc1ccc(S(=O)(=O)NNC(=O)[C@H](C)Oc2ccc(F)cc2)cc1. The Morgan fingerprint density at radius 1 is 1.04 bits per heavy atom. The second kappa shape index (κ2) is 7.95. The van der Waals surface area contributed by atoms with Gasteiger partial charge >= 0.3 is 0 Å². The molecule has 0 unspecified atom stereocenters. The van der Waals surface area contributed by atoms with Crippen LogP contribution in [-0.4, -0.2) is 27.5 Å². The average Bonchev–Trinajstić information content (AvgIpc) is 2.61. The van der Waals surface area contributed by atoms with Crippen LogP contribution in [0.5, 0.6) is 11.5 Å². The molecular weight excluding hydrogens is 351 g/mol. The zero-order valence-electron chi connectivity index (χ0n) is 13.5. The van der Waals surface area contributed by atoms with E-state index in [2.05, 4.69) is 5.43 Å². The summed E-state index contributed by atoms with van der Waals surface area (Å²) in [5, 5.41) is 0. The van der Waals surface area contributed by atoms with Crippen LogP contribution in [0.15, 0.2) is 53.4 Å². The molecule has 1 atom stereocenters. The highest BCUT2D eigenvalue weighted by molar-refractivity contribution is 7.89. The number of hydrazine groups is 1. The smallest absolute Gasteiger partial charge is 0.275 e. The molecular formula is C16H17FN2O5S. The summed E-state index contributed by atoms with van der Waals surface area (Å²) < 4.78 is 47.3. The fourth-order valence-corrected chi connectivity index (χ4v) is 2.65. The first kappa shape index (κ1) is 18.7. The van der Waals surface area contributed by atoms with Gasteiger partial charge in [0.1, 0.15) is 17.3 Å². The molecule has 0 radical (unpaired) electrons. The Morgan fingerprint density at radius 3 is 2.16 bits per heavy atom. The normalized spacial score (nSPS) is 12.3. The van der Waals surface area contributed by atoms with E-state index in [-0.39, 0.29) is 10.6 Å². The van der Waals surface area contributed by atoms with Gasteiger partial charge in [0.2, 0.25) is 0 Å². The van der Waals surface area contributed by atoms with Gasteiger partial charge in [-0.2, -0.15) is 0 Å². The lowest BCUT2D eigenvalue weighted by Crippen LogP contribution is -2.47. The summed E-state index contributed by atoms with van der Waals surface area (Å²) in [7, 11) is -2.47. The molecule has 0 heterocycles. The first-order chi connectivity index (χ1) is 11.8. The molecule has 0 spiro atoms. The fraction of sp³-hybridized carbons (Fsp3) is 0.188. The third-order valence-corrected chi connectivity index (χ3v) is 4.44. The molecule has 0 saturated heterocycles. The van der Waals surface area contributed by atoms with Crippen LogP contribution in [-0.2, 0) is 14.8 Å². The van der Waals surface area contributed by atoms with Crippen molar-refractivity contribution < 1.29 is 27.1 Å². The van der Waals surface area contributed by atoms with Crippen LogP contribution in [0.1, 0.15) is 6.92 Å². The number of sulfonamides is 1. The molecule has 25 heavy (non-hydrogen) atoms. The van der Waals surface area contributed by atoms with Crippen LogP contribution in [0, 0.1) is 5.82 Å². The van der Waals surface area contributed by atoms with E-state index in [0.29, 0.717) is 5.75 Å². The first-order valence-electron chi connectivity index (χ1n) is 7.20. The van der Waals surface area contributed by atoms with Crippen molar-refractivity contribution in [1.29, 1.82) is 0 Å². The molecule has 2 rings (SSSR count). The van der Waals surface area contributed by atoms with E-state index in [0.717, 1.165) is 0 Å². The maximum absolute atomic E-state index is 12.8. The Labute approximate surface area is 144 Å². The van der Waals surface area contributed by atoms with Gasteiger partial charge < -0.3 is 9.47 Å². The number of ether oxygens (including phenoxy) is 2. The van der Waals surface area contributed by atoms with Gasteiger partial charge in [0, 0.05) is 0 Å². The Kier molecular flexibility index (Phi) is 5.94. The average molecular weight is 368 g/mol. The Balaban J connectivity index is 1.94. The zero-order valence-corrected chi connectivity index (χ0v) is 14.3. The van der Waals surface area contributed by atoms with Crippen molar-refractivity contribution in [2.75, 3.05) is 7.11 Å². The molecule has 2 aromatic carbocycles. The molecule has 0 aromatic heterocycles. The molecule has 0 aliphatic rings. The van der Waals surface area contributed by atoms with Crippen LogP contribution >= 0.6 is 0 Å². The molecule has 2 aromatic rings. The van der Waals surface area contributed by atoms with Gasteiger partial charge in [-0.25, -0.2) is 12.8 Å². The third-order valence-electron chi connectivity index (χ3n) is 3.17. The van der Waals surface area contributed by atoms with E-state index in [4.69, 9.17) is 9.47 Å². The zero-order chi connectivity index (χ0) is 18.4. The summed E-state index contributed by atoms with van der Waals surface area (Å²) in [5.74, 6) is -0.357. The predicted molar refractivity (Wildman–Crippen MR) is 87.9 cm³/mol. The lowest BCUT2D eigenvalue weighted by Gasteiger charge is -2.15. The number of halogens is 1. The molecule has 9 heteroatoms. The van der Waals surface area contributed by atoms with Gasteiger partial charge in [0.15, 0.2) is 6.10 Å². The van der Waals surface area contributed by atoms with E-state index in [1.54, 1.807) is 0 Å². The van der Waals surface area contributed by atoms with Crippen molar-refractivity contribution in [2.45, 2.75) is 17.9 Å². The van der Waals surface area contributed by atoms with Gasteiger partial charge in [0.25, 0.3) is 15.9 Å². The van der Waals surface area contributed by atoms with Crippen LogP contribution < -0.4 is 19.7 Å². The number of amides is 1. The van der Waals surface area contributed by atoms with Gasteiger partial charge in [-0.1, -0.05) is 0 Å². The van der Waals surface area contributed by atoms with Crippen LogP contribution in [0.4, 0.5) is 4.39 Å². The molecule has 134 valence electrons. The summed E-state index contributed by atoms with van der Waals surface area (Å²) in [6, 6.07) is 10.7. The Morgan fingerprint density at radius 2 is 1.60 bits per heavy atom. The first-order valence-corrected chi connectivity index (χ1v) is 8.68. The van der Waals surface area contributed by atoms with Crippen molar-refractivity contribution in [3.8, 4) is 11.5 Å². The quantitative estimate of drug-likeness (QED) is 0.724. The number of rotatable bonds is 7. The predicted octanol–water partition coefficient (Wildman–Crippen LogP) is 1.61. The maximum Gasteiger partial charge on any atom is 0.275 e. The minimum Gasteiger partial charge on any atom is -0.497 e. The van der Waals surface area contributed by atoms with Gasteiger partial charge in [-0.3, -0.25) is 10.2 Å². The van der Waals surface area contributed by atoms with Crippen LogP contribution in [0.25, 0.3) is 0 Å². The minimum atomic E-state index is -3.93. The van der Waals surface area contributed by atoms with E-state index in [1.165, 1.54) is 62.6 Å². The summed E-state index contributed by atoms with van der Waals surface area (Å²) in [4.78, 5) is 13.9. The minimum absolute atomic E-state index is 0.0410. The fourth-order valence-electron chi connectivity index (χ4n) is 1.80. The highest BCUT2D eigenvalue weighted by Gasteiger charge is 2.19. The van der Waals surface area contributed by atoms with Crippen molar-refractivity contribution in [2.24, 2.45) is 0 Å². The summed E-state index contributed by atoms with van der Waals surface area (Å²) in [6.07, 6.45) is -0.996. The highest BCUT2D eigenvalue weighted by atomic mass is 32.2. The summed E-state index contributed by atoms with van der Waals surface area (Å²) in [5.41, 5.74) is 2.07. The molecule has 2 N–H and O–H groups in total. The molecule has 0 aliphatic heterocycles. The topological polar surface area (TPSA) is 93.7 Å². The van der Waals surface area contributed by atoms with Gasteiger partial charge in [-0.05, 0) is 55.5 Å². The van der Waals surface area contributed by atoms with E-state index in [1.807, 2.05) is 4.83 Å². The molecule has 7 nitrogen and oxygen atoms in total. The molecule has 0 aliphatic carbocycles. The van der Waals surface area contributed by atoms with E-state index >= 15 is 0 Å². The lowest BCUT2D eigenvalue weighted by atomic mass is 10.3. The van der Waals surface area contributed by atoms with Crippen LogP contribution in [0.2, 0.25) is 0 Å². The number of hydrogen-bond acceptors (Lipinski definition) is 5. The van der Waals surface area contributed by atoms with Crippen molar-refractivity contribution >= 4 is 15.9 Å². The maximum atomic E-state index is 12.8. The number of benzene rings is 2. The van der Waals surface area contributed by atoms with E-state index in [9.17, 15) is 17.6 Å². The Hall–Kier alpha value is -2.65.